The minimum atomic E-state index is 0.0325. The van der Waals surface area contributed by atoms with E-state index in [-0.39, 0.29) is 5.91 Å². The van der Waals surface area contributed by atoms with Crippen molar-refractivity contribution in [3.8, 4) is 0 Å². The van der Waals surface area contributed by atoms with Gasteiger partial charge in [-0.05, 0) is 31.4 Å². The van der Waals surface area contributed by atoms with Crippen molar-refractivity contribution in [2.45, 2.75) is 25.8 Å². The van der Waals surface area contributed by atoms with Crippen LogP contribution < -0.4 is 5.73 Å². The van der Waals surface area contributed by atoms with Crippen molar-refractivity contribution in [1.82, 2.24) is 4.90 Å². The van der Waals surface area contributed by atoms with Crippen LogP contribution in [0.25, 0.3) is 0 Å². The number of nitrogens with two attached hydrogens (primary N) is 1. The van der Waals surface area contributed by atoms with E-state index < -0.39 is 0 Å². The number of nitrogens with zero attached hydrogens (tertiary/aromatic N) is 1. The number of rotatable bonds is 5. The summed E-state index contributed by atoms with van der Waals surface area (Å²) in [6, 6.07) is 5.94. The number of hydrogen-bond donors (Lipinski definition) is 1. The van der Waals surface area contributed by atoms with Gasteiger partial charge < -0.3 is 15.4 Å². The van der Waals surface area contributed by atoms with Crippen LogP contribution >= 0.6 is 0 Å². The molecular formula is C14H20N2O2. The van der Waals surface area contributed by atoms with E-state index in [0.29, 0.717) is 30.4 Å². The zero-order chi connectivity index (χ0) is 13.1. The van der Waals surface area contributed by atoms with Crippen LogP contribution in [0.1, 0.15) is 28.8 Å². The van der Waals surface area contributed by atoms with E-state index >= 15 is 0 Å². The van der Waals surface area contributed by atoms with Gasteiger partial charge in [0.1, 0.15) is 0 Å². The smallest absolute Gasteiger partial charge is 0.256 e. The number of ether oxygens (including phenoxy) is 1. The minimum Gasteiger partial charge on any atom is -0.398 e. The van der Waals surface area contributed by atoms with Crippen LogP contribution in [0.5, 0.6) is 0 Å². The summed E-state index contributed by atoms with van der Waals surface area (Å²) in [6.07, 6.45) is 2.17. The number of benzene rings is 1. The number of carbonyl (C=O) groups is 1. The highest BCUT2D eigenvalue weighted by atomic mass is 16.5. The van der Waals surface area contributed by atoms with Crippen molar-refractivity contribution in [3.05, 3.63) is 29.3 Å². The van der Waals surface area contributed by atoms with Gasteiger partial charge in [-0.15, -0.1) is 0 Å². The quantitative estimate of drug-likeness (QED) is 0.809. The average Bonchev–Trinajstić information content (AvgIpc) is 3.14. The first-order valence-electron chi connectivity index (χ1n) is 6.30. The molecule has 0 bridgehead atoms. The van der Waals surface area contributed by atoms with Gasteiger partial charge in [-0.3, -0.25) is 4.79 Å². The fourth-order valence-corrected chi connectivity index (χ4v) is 2.15. The SMILES string of the molecule is COCCN(C(=O)c1c(C)cccc1N)C1CC1. The third-order valence-electron chi connectivity index (χ3n) is 3.30. The van der Waals surface area contributed by atoms with Crippen molar-refractivity contribution in [3.63, 3.8) is 0 Å². The maximum atomic E-state index is 12.6. The lowest BCUT2D eigenvalue weighted by Crippen LogP contribution is -2.36. The second-order valence-electron chi connectivity index (χ2n) is 4.76. The highest BCUT2D eigenvalue weighted by Gasteiger charge is 2.33. The average molecular weight is 248 g/mol. The van der Waals surface area contributed by atoms with Gasteiger partial charge in [0.15, 0.2) is 0 Å². The van der Waals surface area contributed by atoms with E-state index in [1.54, 1.807) is 13.2 Å². The van der Waals surface area contributed by atoms with Crippen molar-refractivity contribution in [2.75, 3.05) is 26.0 Å². The van der Waals surface area contributed by atoms with Crippen molar-refractivity contribution < 1.29 is 9.53 Å². The van der Waals surface area contributed by atoms with Crippen molar-refractivity contribution in [1.29, 1.82) is 0 Å². The van der Waals surface area contributed by atoms with Gasteiger partial charge in [0.25, 0.3) is 5.91 Å². The van der Waals surface area contributed by atoms with Crippen molar-refractivity contribution in [2.24, 2.45) is 0 Å². The van der Waals surface area contributed by atoms with E-state index in [1.165, 1.54) is 0 Å². The second-order valence-corrected chi connectivity index (χ2v) is 4.76. The molecule has 0 aliphatic heterocycles. The summed E-state index contributed by atoms with van der Waals surface area (Å²) in [5.74, 6) is 0.0325. The first-order valence-corrected chi connectivity index (χ1v) is 6.30. The van der Waals surface area contributed by atoms with Crippen LogP contribution in [0.3, 0.4) is 0 Å². The maximum Gasteiger partial charge on any atom is 0.256 e. The molecule has 0 saturated heterocycles. The summed E-state index contributed by atoms with van der Waals surface area (Å²) in [5, 5.41) is 0. The Bertz CT molecular complexity index is 421. The third-order valence-corrected chi connectivity index (χ3v) is 3.30. The van der Waals surface area contributed by atoms with Gasteiger partial charge in [-0.25, -0.2) is 0 Å². The van der Waals surface area contributed by atoms with Gasteiger partial charge in [0, 0.05) is 25.4 Å². The van der Waals surface area contributed by atoms with E-state index in [1.807, 2.05) is 24.0 Å². The van der Waals surface area contributed by atoms with Crippen LogP contribution in [-0.4, -0.2) is 37.1 Å². The molecular weight excluding hydrogens is 228 g/mol. The van der Waals surface area contributed by atoms with E-state index in [4.69, 9.17) is 10.5 Å². The van der Waals surface area contributed by atoms with Crippen LogP contribution in [0.15, 0.2) is 18.2 Å². The zero-order valence-electron chi connectivity index (χ0n) is 11.0. The number of anilines is 1. The van der Waals surface area contributed by atoms with Gasteiger partial charge >= 0.3 is 0 Å². The maximum absolute atomic E-state index is 12.6. The summed E-state index contributed by atoms with van der Waals surface area (Å²) in [5.41, 5.74) is 8.06. The van der Waals surface area contributed by atoms with Gasteiger partial charge in [0.05, 0.1) is 12.2 Å². The molecule has 0 radical (unpaired) electrons. The molecule has 2 N–H and O–H groups in total. The summed E-state index contributed by atoms with van der Waals surface area (Å²) in [7, 11) is 1.65. The summed E-state index contributed by atoms with van der Waals surface area (Å²) >= 11 is 0. The van der Waals surface area contributed by atoms with E-state index in [0.717, 1.165) is 18.4 Å². The Labute approximate surface area is 108 Å². The predicted octanol–water partition coefficient (Wildman–Crippen LogP) is 1.83. The number of amides is 1. The molecule has 0 unspecified atom stereocenters. The van der Waals surface area contributed by atoms with Gasteiger partial charge in [-0.2, -0.15) is 0 Å². The van der Waals surface area contributed by atoms with E-state index in [2.05, 4.69) is 0 Å². The molecule has 4 nitrogen and oxygen atoms in total. The zero-order valence-corrected chi connectivity index (χ0v) is 11.0. The first-order chi connectivity index (χ1) is 8.65. The fourth-order valence-electron chi connectivity index (χ4n) is 2.15. The van der Waals surface area contributed by atoms with E-state index in [9.17, 15) is 4.79 Å². The summed E-state index contributed by atoms with van der Waals surface area (Å²) in [6.45, 7) is 3.12. The third kappa shape index (κ3) is 2.64. The lowest BCUT2D eigenvalue weighted by Gasteiger charge is -2.23. The van der Waals surface area contributed by atoms with Crippen LogP contribution in [0.2, 0.25) is 0 Å². The molecule has 0 spiro atoms. The lowest BCUT2D eigenvalue weighted by atomic mass is 10.1. The Morgan fingerprint density at radius 3 is 2.78 bits per heavy atom. The molecule has 1 aromatic carbocycles. The molecule has 2 rings (SSSR count). The molecule has 18 heavy (non-hydrogen) atoms. The number of methoxy groups -OCH3 is 1. The molecule has 1 aromatic rings. The fraction of sp³-hybridized carbons (Fsp3) is 0.500. The Balaban J connectivity index is 2.22. The Morgan fingerprint density at radius 2 is 2.22 bits per heavy atom. The molecule has 4 heteroatoms. The highest BCUT2D eigenvalue weighted by Crippen LogP contribution is 2.29. The molecule has 1 amide bonds. The van der Waals surface area contributed by atoms with Crippen LogP contribution in [0, 0.1) is 6.92 Å². The minimum absolute atomic E-state index is 0.0325. The number of nitrogen functional groups attached to an aromatic ring is 1. The monoisotopic (exact) mass is 248 g/mol. The summed E-state index contributed by atoms with van der Waals surface area (Å²) < 4.78 is 5.07. The Hall–Kier alpha value is -1.55. The standard InChI is InChI=1S/C14H20N2O2/c1-10-4-3-5-12(15)13(10)14(17)16(8-9-18-2)11-6-7-11/h3-5,11H,6-9,15H2,1-2H3. The number of hydrogen-bond acceptors (Lipinski definition) is 3. The number of aryl methyl sites for hydroxylation is 1. The molecule has 0 atom stereocenters. The number of carbonyl (C=O) groups excluding carboxylic acids is 1. The molecule has 98 valence electrons. The topological polar surface area (TPSA) is 55.6 Å². The van der Waals surface area contributed by atoms with Crippen LogP contribution in [-0.2, 0) is 4.74 Å². The van der Waals surface area contributed by atoms with Crippen LogP contribution in [0.4, 0.5) is 5.69 Å². The predicted molar refractivity (Wildman–Crippen MR) is 71.5 cm³/mol. The molecule has 1 aliphatic rings. The molecule has 0 heterocycles. The van der Waals surface area contributed by atoms with Gasteiger partial charge in [-0.1, -0.05) is 12.1 Å². The van der Waals surface area contributed by atoms with Gasteiger partial charge in [0.2, 0.25) is 0 Å². The Morgan fingerprint density at radius 1 is 1.50 bits per heavy atom. The molecule has 0 aromatic heterocycles. The normalized spacial score (nSPS) is 14.6. The first kappa shape index (κ1) is 12.9. The second kappa shape index (κ2) is 5.40. The largest absolute Gasteiger partial charge is 0.398 e. The Kier molecular flexibility index (Phi) is 3.87. The molecule has 1 aliphatic carbocycles. The summed E-state index contributed by atoms with van der Waals surface area (Å²) in [4.78, 5) is 14.5. The molecule has 1 fully saturated rings. The lowest BCUT2D eigenvalue weighted by molar-refractivity contribution is 0.0680. The van der Waals surface area contributed by atoms with Crippen molar-refractivity contribution >= 4 is 11.6 Å². The highest BCUT2D eigenvalue weighted by molar-refractivity contribution is 6.00. The molecule has 1 saturated carbocycles.